The molecule has 0 bridgehead atoms. The Morgan fingerprint density at radius 2 is 1.04 bits per heavy atom. The molecule has 0 N–H and O–H groups in total. The summed E-state index contributed by atoms with van der Waals surface area (Å²) in [6.45, 7) is 4.82. The molecule has 0 radical (unpaired) electrons. The van der Waals surface area contributed by atoms with E-state index >= 15 is 0 Å². The molecule has 0 unspecified atom stereocenters. The topological polar surface area (TPSA) is 6.48 Å². The van der Waals surface area contributed by atoms with E-state index in [0.29, 0.717) is 0 Å². The molecule has 0 amide bonds. The number of halogens is 2. The summed E-state index contributed by atoms with van der Waals surface area (Å²) >= 11 is 7.55. The molecule has 2 rings (SSSR count). The first-order chi connectivity index (χ1) is 10.6. The van der Waals surface area contributed by atoms with Crippen LogP contribution in [-0.2, 0) is 0 Å². The number of rotatable bonds is 4. The van der Waals surface area contributed by atoms with Gasteiger partial charge in [-0.25, -0.2) is 0 Å². The van der Waals surface area contributed by atoms with Crippen molar-refractivity contribution in [1.82, 2.24) is 0 Å². The average Bonchev–Trinajstić information content (AvgIpc) is 2.47. The van der Waals surface area contributed by atoms with Crippen LogP contribution in [0.1, 0.15) is 0 Å². The van der Waals surface area contributed by atoms with Crippen LogP contribution < -0.4 is 20.2 Å². The van der Waals surface area contributed by atoms with Crippen LogP contribution in [-0.4, -0.2) is 36.3 Å². The van der Waals surface area contributed by atoms with Crippen LogP contribution in [0.5, 0.6) is 0 Å². The first-order valence-electron chi connectivity index (χ1n) is 7.59. The van der Waals surface area contributed by atoms with Gasteiger partial charge in [-0.3, -0.25) is 0 Å². The SMILES string of the molecule is CN(C)c1ccc(Br)c([Si](C)(C)c2cc(N(C)C)ccc2Br)c1. The highest BCUT2D eigenvalue weighted by Gasteiger charge is 2.31. The van der Waals surface area contributed by atoms with Crippen LogP contribution in [0.3, 0.4) is 0 Å². The summed E-state index contributed by atoms with van der Waals surface area (Å²) in [6.07, 6.45) is 0. The molecule has 23 heavy (non-hydrogen) atoms. The third kappa shape index (κ3) is 3.83. The summed E-state index contributed by atoms with van der Waals surface area (Å²) in [6, 6.07) is 13.3. The Kier molecular flexibility index (Phi) is 5.64. The Bertz CT molecular complexity index is 653. The van der Waals surface area contributed by atoms with Gasteiger partial charge in [0.15, 0.2) is 0 Å². The van der Waals surface area contributed by atoms with E-state index in [2.05, 4.69) is 119 Å². The number of nitrogens with zero attached hydrogens (tertiary/aromatic N) is 2. The third-order valence-electron chi connectivity index (χ3n) is 4.28. The average molecular weight is 456 g/mol. The number of benzene rings is 2. The van der Waals surface area contributed by atoms with E-state index in [1.54, 1.807) is 0 Å². The molecule has 0 saturated carbocycles. The number of hydrogen-bond acceptors (Lipinski definition) is 2. The lowest BCUT2D eigenvalue weighted by molar-refractivity contribution is 1.13. The zero-order valence-corrected chi connectivity index (χ0v) is 18.8. The number of anilines is 2. The molecule has 124 valence electrons. The summed E-state index contributed by atoms with van der Waals surface area (Å²) in [4.78, 5) is 4.32. The van der Waals surface area contributed by atoms with E-state index in [-0.39, 0.29) is 0 Å². The highest BCUT2D eigenvalue weighted by atomic mass is 79.9. The lowest BCUT2D eigenvalue weighted by atomic mass is 10.3. The van der Waals surface area contributed by atoms with Gasteiger partial charge in [-0.05, 0) is 46.8 Å². The minimum Gasteiger partial charge on any atom is -0.378 e. The van der Waals surface area contributed by atoms with Crippen molar-refractivity contribution in [2.45, 2.75) is 13.1 Å². The molecule has 0 atom stereocenters. The zero-order chi connectivity index (χ0) is 17.4. The molecule has 2 nitrogen and oxygen atoms in total. The van der Waals surface area contributed by atoms with Gasteiger partial charge >= 0.3 is 0 Å². The highest BCUT2D eigenvalue weighted by molar-refractivity contribution is 9.11. The Morgan fingerprint density at radius 1 is 0.696 bits per heavy atom. The monoisotopic (exact) mass is 454 g/mol. The fourth-order valence-electron chi connectivity index (χ4n) is 2.69. The Labute approximate surface area is 157 Å². The summed E-state index contributed by atoms with van der Waals surface area (Å²) in [5.74, 6) is 0. The second kappa shape index (κ2) is 6.99. The molecule has 2 aromatic carbocycles. The standard InChI is InChI=1S/C18H24Br2N2Si/c1-21(2)13-7-9-15(19)17(11-13)23(5,6)18-12-14(22(3)4)8-10-16(18)20/h7-12H,1-6H3. The van der Waals surface area contributed by atoms with Crippen LogP contribution in [0.4, 0.5) is 11.4 Å². The molecule has 0 aliphatic rings. The van der Waals surface area contributed by atoms with Gasteiger partial charge in [0.05, 0.1) is 0 Å². The summed E-state index contributed by atoms with van der Waals surface area (Å²) < 4.78 is 2.39. The molecule has 2 aromatic rings. The van der Waals surface area contributed by atoms with E-state index in [1.807, 2.05) is 0 Å². The molecular formula is C18H24Br2N2Si. The second-order valence-corrected chi connectivity index (χ2v) is 12.8. The van der Waals surface area contributed by atoms with Crippen LogP contribution in [0.2, 0.25) is 13.1 Å². The van der Waals surface area contributed by atoms with Crippen molar-refractivity contribution in [2.24, 2.45) is 0 Å². The first-order valence-corrected chi connectivity index (χ1v) is 12.2. The molecule has 0 heterocycles. The van der Waals surface area contributed by atoms with Crippen molar-refractivity contribution in [3.63, 3.8) is 0 Å². The van der Waals surface area contributed by atoms with Crippen molar-refractivity contribution in [3.05, 3.63) is 45.3 Å². The predicted octanol–water partition coefficient (Wildman–Crippen LogP) is 4.17. The normalized spacial score (nSPS) is 11.5. The summed E-state index contributed by atoms with van der Waals surface area (Å²) in [7, 11) is 6.50. The molecule has 0 aromatic heterocycles. The lowest BCUT2D eigenvalue weighted by Crippen LogP contribution is -2.54. The van der Waals surface area contributed by atoms with Crippen LogP contribution in [0, 0.1) is 0 Å². The van der Waals surface area contributed by atoms with Gasteiger partial charge < -0.3 is 9.80 Å². The van der Waals surface area contributed by atoms with Gasteiger partial charge in [-0.2, -0.15) is 0 Å². The quantitative estimate of drug-likeness (QED) is 0.638. The lowest BCUT2D eigenvalue weighted by Gasteiger charge is -2.29. The number of hydrogen-bond donors (Lipinski definition) is 0. The van der Waals surface area contributed by atoms with Gasteiger partial charge in [-0.1, -0.05) is 45.0 Å². The molecule has 5 heteroatoms. The van der Waals surface area contributed by atoms with E-state index in [1.165, 1.54) is 30.7 Å². The van der Waals surface area contributed by atoms with Crippen molar-refractivity contribution < 1.29 is 0 Å². The highest BCUT2D eigenvalue weighted by Crippen LogP contribution is 2.23. The summed E-state index contributed by atoms with van der Waals surface area (Å²) in [5.41, 5.74) is 2.48. The molecule has 0 spiro atoms. The van der Waals surface area contributed by atoms with E-state index in [0.717, 1.165) is 0 Å². The minimum absolute atomic E-state index is 1.20. The Morgan fingerprint density at radius 3 is 1.35 bits per heavy atom. The van der Waals surface area contributed by atoms with Crippen molar-refractivity contribution in [3.8, 4) is 0 Å². The fraction of sp³-hybridized carbons (Fsp3) is 0.333. The maximum atomic E-state index is 3.78. The van der Waals surface area contributed by atoms with E-state index < -0.39 is 8.07 Å². The zero-order valence-electron chi connectivity index (χ0n) is 14.6. The van der Waals surface area contributed by atoms with E-state index in [4.69, 9.17) is 0 Å². The van der Waals surface area contributed by atoms with Crippen molar-refractivity contribution in [2.75, 3.05) is 38.0 Å². The van der Waals surface area contributed by atoms with Crippen molar-refractivity contribution >= 4 is 61.7 Å². The van der Waals surface area contributed by atoms with Crippen LogP contribution in [0.15, 0.2) is 45.3 Å². The second-order valence-electron chi connectivity index (χ2n) is 6.74. The smallest absolute Gasteiger partial charge is 0.115 e. The molecule has 0 aliphatic heterocycles. The van der Waals surface area contributed by atoms with E-state index in [9.17, 15) is 0 Å². The van der Waals surface area contributed by atoms with Crippen molar-refractivity contribution in [1.29, 1.82) is 0 Å². The third-order valence-corrected chi connectivity index (χ3v) is 9.92. The Hall–Kier alpha value is -0.783. The molecular weight excluding hydrogens is 432 g/mol. The van der Waals surface area contributed by atoms with Gasteiger partial charge in [0.25, 0.3) is 0 Å². The first kappa shape index (κ1) is 18.6. The van der Waals surface area contributed by atoms with Crippen LogP contribution in [0.25, 0.3) is 0 Å². The molecule has 0 fully saturated rings. The maximum absolute atomic E-state index is 3.78. The predicted molar refractivity (Wildman–Crippen MR) is 114 cm³/mol. The van der Waals surface area contributed by atoms with Crippen LogP contribution >= 0.6 is 31.9 Å². The van der Waals surface area contributed by atoms with Gasteiger partial charge in [0.1, 0.15) is 8.07 Å². The summed E-state index contributed by atoms with van der Waals surface area (Å²) in [5, 5.41) is 2.83. The fourth-order valence-corrected chi connectivity index (χ4v) is 8.82. The Balaban J connectivity index is 2.62. The molecule has 0 saturated heterocycles. The largest absolute Gasteiger partial charge is 0.378 e. The van der Waals surface area contributed by atoms with Gasteiger partial charge in [-0.15, -0.1) is 0 Å². The van der Waals surface area contributed by atoms with Gasteiger partial charge in [0.2, 0.25) is 0 Å². The van der Waals surface area contributed by atoms with Gasteiger partial charge in [0, 0.05) is 48.5 Å². The minimum atomic E-state index is -1.85. The molecule has 0 aliphatic carbocycles. The maximum Gasteiger partial charge on any atom is 0.115 e.